The number of hydrogen-bond donors (Lipinski definition) is 2. The predicted octanol–water partition coefficient (Wildman–Crippen LogP) is 2.94. The molecule has 1 aromatic carbocycles. The number of amides is 1. The summed E-state index contributed by atoms with van der Waals surface area (Å²) in [7, 11) is 0. The molecule has 0 aliphatic carbocycles. The maximum Gasteiger partial charge on any atom is 0.366 e. The third-order valence-electron chi connectivity index (χ3n) is 3.48. The van der Waals surface area contributed by atoms with Crippen molar-refractivity contribution in [1.29, 1.82) is 0 Å². The molecule has 0 saturated heterocycles. The van der Waals surface area contributed by atoms with Crippen molar-refractivity contribution in [2.75, 3.05) is 0 Å². The molecule has 0 unspecified atom stereocenters. The van der Waals surface area contributed by atoms with Crippen LogP contribution in [0.25, 0.3) is 0 Å². The van der Waals surface area contributed by atoms with Gasteiger partial charge in [-0.15, -0.1) is 0 Å². The van der Waals surface area contributed by atoms with Crippen molar-refractivity contribution < 1.29 is 23.1 Å². The van der Waals surface area contributed by atoms with Gasteiger partial charge in [0.15, 0.2) is 0 Å². The van der Waals surface area contributed by atoms with Gasteiger partial charge in [-0.05, 0) is 43.2 Å². The first kappa shape index (κ1) is 17.9. The summed E-state index contributed by atoms with van der Waals surface area (Å²) in [4.78, 5) is 15.3. The Kier molecular flexibility index (Phi) is 5.56. The second-order valence-corrected chi connectivity index (χ2v) is 5.47. The van der Waals surface area contributed by atoms with E-state index in [1.54, 1.807) is 0 Å². The van der Waals surface area contributed by atoms with Gasteiger partial charge < -0.3 is 10.4 Å². The fourth-order valence-electron chi connectivity index (χ4n) is 2.19. The van der Waals surface area contributed by atoms with Gasteiger partial charge in [0.25, 0.3) is 5.91 Å². The van der Waals surface area contributed by atoms with E-state index in [4.69, 9.17) is 0 Å². The third kappa shape index (κ3) is 4.32. The average Bonchev–Trinajstić information content (AvgIpc) is 2.56. The quantitative estimate of drug-likeness (QED) is 0.851. The molecule has 128 valence electrons. The van der Waals surface area contributed by atoms with Crippen molar-refractivity contribution in [1.82, 2.24) is 10.3 Å². The van der Waals surface area contributed by atoms with E-state index >= 15 is 0 Å². The third-order valence-corrected chi connectivity index (χ3v) is 3.48. The molecule has 0 fully saturated rings. The number of aromatic nitrogens is 1. The van der Waals surface area contributed by atoms with Crippen LogP contribution in [-0.2, 0) is 10.7 Å². The summed E-state index contributed by atoms with van der Waals surface area (Å²) < 4.78 is 40.9. The molecule has 1 aromatic heterocycles. The lowest BCUT2D eigenvalue weighted by atomic mass is 10.0. The van der Waals surface area contributed by atoms with E-state index in [9.17, 15) is 23.1 Å². The van der Waals surface area contributed by atoms with Crippen LogP contribution in [0.5, 0.6) is 0 Å². The molecule has 7 heteroatoms. The average molecular weight is 338 g/mol. The lowest BCUT2D eigenvalue weighted by Crippen LogP contribution is -2.43. The Morgan fingerprint density at radius 3 is 2.50 bits per heavy atom. The summed E-state index contributed by atoms with van der Waals surface area (Å²) in [5.41, 5.74) is -0.206. The fraction of sp³-hybridized carbons (Fsp3) is 0.294. The topological polar surface area (TPSA) is 62.2 Å². The number of carbonyl (C=O) groups excluding carboxylic acids is 1. The van der Waals surface area contributed by atoms with Gasteiger partial charge in [0, 0.05) is 12.2 Å². The van der Waals surface area contributed by atoms with Crippen LogP contribution >= 0.6 is 0 Å². The van der Waals surface area contributed by atoms with Gasteiger partial charge in [-0.1, -0.05) is 18.2 Å². The highest BCUT2D eigenvalue weighted by atomic mass is 19.3. The zero-order valence-electron chi connectivity index (χ0n) is 12.9. The second-order valence-electron chi connectivity index (χ2n) is 5.47. The number of nitrogens with one attached hydrogen (secondary N) is 1. The molecule has 2 rings (SSSR count). The molecule has 0 aliphatic rings. The molecule has 0 bridgehead atoms. The van der Waals surface area contributed by atoms with Crippen molar-refractivity contribution in [3.05, 3.63) is 65.7 Å². The zero-order chi connectivity index (χ0) is 17.7. The zero-order valence-corrected chi connectivity index (χ0v) is 12.9. The summed E-state index contributed by atoms with van der Waals surface area (Å²) in [5.74, 6) is -5.70. The van der Waals surface area contributed by atoms with Gasteiger partial charge in [0.05, 0.1) is 6.10 Å². The number of benzene rings is 1. The van der Waals surface area contributed by atoms with Gasteiger partial charge in [0.2, 0.25) is 0 Å². The van der Waals surface area contributed by atoms with Crippen LogP contribution in [0.2, 0.25) is 0 Å². The molecule has 2 atom stereocenters. The number of hydrogen-bond acceptors (Lipinski definition) is 3. The van der Waals surface area contributed by atoms with E-state index in [0.29, 0.717) is 5.56 Å². The van der Waals surface area contributed by atoms with E-state index < -0.39 is 35.5 Å². The highest BCUT2D eigenvalue weighted by Gasteiger charge is 2.42. The normalized spacial score (nSPS) is 14.0. The minimum Gasteiger partial charge on any atom is -0.388 e. The van der Waals surface area contributed by atoms with Crippen LogP contribution < -0.4 is 5.32 Å². The molecule has 0 aliphatic heterocycles. The number of aliphatic hydroxyl groups is 1. The van der Waals surface area contributed by atoms with Crippen LogP contribution in [0.4, 0.5) is 13.2 Å². The van der Waals surface area contributed by atoms with Gasteiger partial charge in [-0.3, -0.25) is 9.78 Å². The first-order valence-electron chi connectivity index (χ1n) is 7.34. The van der Waals surface area contributed by atoms with Crippen molar-refractivity contribution in [3.8, 4) is 0 Å². The van der Waals surface area contributed by atoms with E-state index in [1.165, 1.54) is 49.5 Å². The van der Waals surface area contributed by atoms with Crippen molar-refractivity contribution in [3.63, 3.8) is 0 Å². The van der Waals surface area contributed by atoms with E-state index in [1.807, 2.05) is 0 Å². The molecule has 0 saturated carbocycles. The summed E-state index contributed by atoms with van der Waals surface area (Å²) in [6.45, 7) is 1.50. The predicted molar refractivity (Wildman–Crippen MR) is 81.7 cm³/mol. The summed E-state index contributed by atoms with van der Waals surface area (Å²) in [5, 5.41) is 12.2. The smallest absolute Gasteiger partial charge is 0.366 e. The molecule has 24 heavy (non-hydrogen) atoms. The van der Waals surface area contributed by atoms with Crippen molar-refractivity contribution in [2.45, 2.75) is 31.4 Å². The molecule has 4 nitrogen and oxygen atoms in total. The lowest BCUT2D eigenvalue weighted by molar-refractivity contribution is -0.148. The maximum atomic E-state index is 14.0. The van der Waals surface area contributed by atoms with Crippen LogP contribution in [-0.4, -0.2) is 22.0 Å². The minimum atomic E-state index is -3.77. The van der Waals surface area contributed by atoms with Gasteiger partial charge in [-0.2, -0.15) is 8.78 Å². The fourth-order valence-corrected chi connectivity index (χ4v) is 2.19. The number of aliphatic hydroxyl groups excluding tert-OH is 1. The monoisotopic (exact) mass is 338 g/mol. The summed E-state index contributed by atoms with van der Waals surface area (Å²) in [6, 6.07) is 8.37. The highest BCUT2D eigenvalue weighted by molar-refractivity contribution is 5.84. The van der Waals surface area contributed by atoms with E-state index in [-0.39, 0.29) is 6.42 Å². The Hall–Kier alpha value is -2.41. The molecule has 2 N–H and O–H groups in total. The van der Waals surface area contributed by atoms with E-state index in [2.05, 4.69) is 10.3 Å². The number of alkyl halides is 2. The Bertz CT molecular complexity index is 678. The Morgan fingerprint density at radius 1 is 1.25 bits per heavy atom. The Labute approximate surface area is 137 Å². The van der Waals surface area contributed by atoms with Crippen LogP contribution in [0, 0.1) is 5.82 Å². The van der Waals surface area contributed by atoms with Gasteiger partial charge in [0.1, 0.15) is 11.5 Å². The second kappa shape index (κ2) is 7.44. The maximum absolute atomic E-state index is 14.0. The van der Waals surface area contributed by atoms with Crippen LogP contribution in [0.15, 0.2) is 48.7 Å². The largest absolute Gasteiger partial charge is 0.388 e. The molecular weight excluding hydrogens is 321 g/mol. The first-order chi connectivity index (χ1) is 11.3. The van der Waals surface area contributed by atoms with E-state index in [0.717, 1.165) is 6.07 Å². The lowest BCUT2D eigenvalue weighted by Gasteiger charge is -2.21. The molecule has 1 heterocycles. The highest BCUT2D eigenvalue weighted by Crippen LogP contribution is 2.27. The first-order valence-corrected chi connectivity index (χ1v) is 7.34. The number of carbonyl (C=O) groups is 1. The Morgan fingerprint density at radius 2 is 1.92 bits per heavy atom. The number of nitrogens with zero attached hydrogens (tertiary/aromatic N) is 1. The molecule has 0 spiro atoms. The van der Waals surface area contributed by atoms with Gasteiger partial charge >= 0.3 is 5.92 Å². The summed E-state index contributed by atoms with van der Waals surface area (Å²) >= 11 is 0. The van der Waals surface area contributed by atoms with Crippen molar-refractivity contribution >= 4 is 5.91 Å². The standard InChI is InChI=1S/C17H17F3N2O2/c1-11(10-14(23)12-5-7-13(18)8-6-12)22-16(24)17(19,20)15-4-2-3-9-21-15/h2-9,11,14,23H,10H2,1H3,(H,22,24)/t11-,14+/m1/s1. The minimum absolute atomic E-state index is 0.00959. The van der Waals surface area contributed by atoms with Crippen molar-refractivity contribution in [2.24, 2.45) is 0 Å². The molecule has 0 radical (unpaired) electrons. The number of pyridine rings is 1. The van der Waals surface area contributed by atoms with Gasteiger partial charge in [-0.25, -0.2) is 4.39 Å². The number of halogens is 3. The number of rotatable bonds is 6. The molecule has 1 amide bonds. The Balaban J connectivity index is 1.97. The SMILES string of the molecule is C[C@H](C[C@H](O)c1ccc(F)cc1)NC(=O)C(F)(F)c1ccccn1. The van der Waals surface area contributed by atoms with Crippen LogP contribution in [0.1, 0.15) is 30.7 Å². The molecular formula is C17H17F3N2O2. The van der Waals surface area contributed by atoms with Crippen LogP contribution in [0.3, 0.4) is 0 Å². The molecule has 2 aromatic rings. The summed E-state index contributed by atoms with van der Waals surface area (Å²) in [6.07, 6.45) is 0.179.